The van der Waals surface area contributed by atoms with Gasteiger partial charge in [0.25, 0.3) is 5.89 Å². The number of carbonyl (C=O) groups is 1. The molecule has 0 N–H and O–H groups in total. The molecule has 0 aliphatic carbocycles. The van der Waals surface area contributed by atoms with E-state index >= 15 is 0 Å². The molecule has 0 radical (unpaired) electrons. The lowest BCUT2D eigenvalue weighted by Crippen LogP contribution is -2.49. The van der Waals surface area contributed by atoms with E-state index in [2.05, 4.69) is 49.1 Å². The zero-order valence-electron chi connectivity index (χ0n) is 26.7. The monoisotopic (exact) mass is 654 g/mol. The smallest absolute Gasteiger partial charge is 0.318 e. The Bertz CT molecular complexity index is 1820. The Morgan fingerprint density at radius 2 is 1.77 bits per heavy atom. The van der Waals surface area contributed by atoms with E-state index in [1.54, 1.807) is 13.0 Å². The predicted molar refractivity (Wildman–Crippen MR) is 181 cm³/mol. The third-order valence-corrected chi connectivity index (χ3v) is 10.6. The average molecular weight is 655 g/mol. The predicted octanol–water partition coefficient (Wildman–Crippen LogP) is 4.91. The van der Waals surface area contributed by atoms with Crippen molar-refractivity contribution in [1.82, 2.24) is 29.9 Å². The summed E-state index contributed by atoms with van der Waals surface area (Å²) in [5.41, 5.74) is 3.37. The van der Waals surface area contributed by atoms with Gasteiger partial charge in [0.15, 0.2) is 5.82 Å². The fraction of sp³-hybridized carbons (Fsp3) is 0.457. The van der Waals surface area contributed by atoms with Gasteiger partial charge < -0.3 is 24.0 Å². The molecule has 1 amide bonds. The van der Waals surface area contributed by atoms with Gasteiger partial charge in [-0.3, -0.25) is 9.69 Å². The van der Waals surface area contributed by atoms with Crippen LogP contribution in [0.15, 0.2) is 47.0 Å². The van der Waals surface area contributed by atoms with Crippen LogP contribution in [0.4, 0.5) is 11.5 Å². The highest BCUT2D eigenvalue weighted by Gasteiger charge is 2.45. The molecule has 0 atom stereocenters. The summed E-state index contributed by atoms with van der Waals surface area (Å²) in [5.74, 6) is 1.72. The summed E-state index contributed by atoms with van der Waals surface area (Å²) in [7, 11) is 0. The van der Waals surface area contributed by atoms with Crippen LogP contribution in [0, 0.1) is 6.92 Å². The highest BCUT2D eigenvalue weighted by atomic mass is 35.5. The standard InChI is InChI=1S/C35H39ClN8O3/c1-24-37-30(47-40-24)10-11-31(45)41-18-20-42(21-19-41)33-26-12-17-43(29-9-3-7-25-6-2-8-27(36)32(25)29)22-28(26)38-34(39-33)46-23-35-13-4-15-44(35)16-5-14-35/h2-3,6-11H,4-5,12-23H2,1H3/b11-10+. The molecule has 6 heterocycles. The molecule has 11 nitrogen and oxygen atoms in total. The van der Waals surface area contributed by atoms with Crippen molar-refractivity contribution in [2.75, 3.05) is 62.2 Å². The number of benzene rings is 2. The second-order valence-electron chi connectivity index (χ2n) is 13.1. The number of fused-ring (bicyclic) bond motifs is 3. The highest BCUT2D eigenvalue weighted by molar-refractivity contribution is 6.36. The molecule has 0 bridgehead atoms. The number of amides is 1. The summed E-state index contributed by atoms with van der Waals surface area (Å²) in [5, 5.41) is 6.72. The number of aryl methyl sites for hydroxylation is 1. The lowest BCUT2D eigenvalue weighted by Gasteiger charge is -2.38. The van der Waals surface area contributed by atoms with E-state index in [0.717, 1.165) is 77.5 Å². The third-order valence-electron chi connectivity index (χ3n) is 10.3. The number of anilines is 2. The van der Waals surface area contributed by atoms with Crippen LogP contribution in [0.25, 0.3) is 16.8 Å². The maximum absolute atomic E-state index is 13.0. The zero-order chi connectivity index (χ0) is 32.0. The summed E-state index contributed by atoms with van der Waals surface area (Å²) in [4.78, 5) is 36.4. The summed E-state index contributed by atoms with van der Waals surface area (Å²) < 4.78 is 11.6. The lowest BCUT2D eigenvalue weighted by atomic mass is 9.95. The van der Waals surface area contributed by atoms with E-state index < -0.39 is 0 Å². The normalized spacial score (nSPS) is 19.5. The SMILES string of the molecule is Cc1noc(/C=C/C(=O)N2CCN(c3nc(OCC45CCCN4CCC5)nc4c3CCN(c3cccc5cccc(Cl)c35)C4)CC2)n1. The molecule has 244 valence electrons. The first-order chi connectivity index (χ1) is 23.0. The molecule has 2 aromatic heterocycles. The minimum absolute atomic E-state index is 0.0735. The highest BCUT2D eigenvalue weighted by Crippen LogP contribution is 2.40. The van der Waals surface area contributed by atoms with Crippen molar-refractivity contribution >= 4 is 45.9 Å². The quantitative estimate of drug-likeness (QED) is 0.256. The van der Waals surface area contributed by atoms with E-state index in [1.165, 1.54) is 18.9 Å². The number of nitrogens with zero attached hydrogens (tertiary/aromatic N) is 8. The van der Waals surface area contributed by atoms with Crippen molar-refractivity contribution in [3.63, 3.8) is 0 Å². The Labute approximate surface area is 279 Å². The van der Waals surface area contributed by atoms with Crippen LogP contribution < -0.4 is 14.5 Å². The maximum atomic E-state index is 13.0. The molecular weight excluding hydrogens is 616 g/mol. The number of piperazine rings is 1. The molecule has 0 spiro atoms. The van der Waals surface area contributed by atoms with Gasteiger partial charge in [0.1, 0.15) is 12.4 Å². The van der Waals surface area contributed by atoms with Crippen LogP contribution in [-0.4, -0.2) is 93.8 Å². The van der Waals surface area contributed by atoms with Crippen LogP contribution in [-0.2, 0) is 17.8 Å². The molecule has 4 aliphatic heterocycles. The number of halogens is 1. The first-order valence-electron chi connectivity index (χ1n) is 16.7. The number of rotatable bonds is 7. The van der Waals surface area contributed by atoms with Crippen molar-refractivity contribution < 1.29 is 14.1 Å². The Kier molecular flexibility index (Phi) is 7.97. The topological polar surface area (TPSA) is 104 Å². The molecule has 47 heavy (non-hydrogen) atoms. The Hall–Kier alpha value is -4.22. The number of hydrogen-bond acceptors (Lipinski definition) is 10. The lowest BCUT2D eigenvalue weighted by molar-refractivity contribution is -0.126. The van der Waals surface area contributed by atoms with Gasteiger partial charge in [-0.25, -0.2) is 0 Å². The van der Waals surface area contributed by atoms with Gasteiger partial charge in [-0.2, -0.15) is 15.0 Å². The number of ether oxygens (including phenoxy) is 1. The fourth-order valence-corrected chi connectivity index (χ4v) is 8.17. The van der Waals surface area contributed by atoms with E-state index in [1.807, 2.05) is 17.0 Å². The molecule has 4 aliphatic rings. The summed E-state index contributed by atoms with van der Waals surface area (Å²) in [6.45, 7) is 8.63. The van der Waals surface area contributed by atoms with Crippen LogP contribution in [0.5, 0.6) is 6.01 Å². The maximum Gasteiger partial charge on any atom is 0.318 e. The Morgan fingerprint density at radius 3 is 2.53 bits per heavy atom. The molecule has 3 saturated heterocycles. The number of carbonyl (C=O) groups excluding carboxylic acids is 1. The Morgan fingerprint density at radius 1 is 0.979 bits per heavy atom. The van der Waals surface area contributed by atoms with Crippen LogP contribution in [0.3, 0.4) is 0 Å². The third kappa shape index (κ3) is 5.80. The van der Waals surface area contributed by atoms with Gasteiger partial charge >= 0.3 is 6.01 Å². The molecule has 3 fully saturated rings. The summed E-state index contributed by atoms with van der Waals surface area (Å²) >= 11 is 6.74. The van der Waals surface area contributed by atoms with Gasteiger partial charge in [0, 0.05) is 61.5 Å². The van der Waals surface area contributed by atoms with Crippen LogP contribution in [0.1, 0.15) is 48.7 Å². The summed E-state index contributed by atoms with van der Waals surface area (Å²) in [6, 6.07) is 12.9. The van der Waals surface area contributed by atoms with Gasteiger partial charge in [0.2, 0.25) is 5.91 Å². The van der Waals surface area contributed by atoms with E-state index in [-0.39, 0.29) is 11.4 Å². The molecule has 0 saturated carbocycles. The molecule has 8 rings (SSSR count). The summed E-state index contributed by atoms with van der Waals surface area (Å²) in [6.07, 6.45) is 8.64. The second kappa shape index (κ2) is 12.4. The van der Waals surface area contributed by atoms with Crippen LogP contribution >= 0.6 is 11.6 Å². The van der Waals surface area contributed by atoms with Gasteiger partial charge in [-0.1, -0.05) is 41.0 Å². The van der Waals surface area contributed by atoms with Crippen molar-refractivity contribution in [2.45, 2.75) is 51.1 Å². The van der Waals surface area contributed by atoms with Gasteiger partial charge in [-0.05, 0) is 69.6 Å². The van der Waals surface area contributed by atoms with Gasteiger partial charge in [0.05, 0.1) is 22.8 Å². The molecular formula is C35H39ClN8O3. The number of hydrogen-bond donors (Lipinski definition) is 0. The van der Waals surface area contributed by atoms with E-state index in [9.17, 15) is 4.79 Å². The fourth-order valence-electron chi connectivity index (χ4n) is 7.89. The minimum atomic E-state index is -0.0735. The van der Waals surface area contributed by atoms with Crippen molar-refractivity contribution in [3.05, 3.63) is 70.5 Å². The van der Waals surface area contributed by atoms with Crippen molar-refractivity contribution in [3.8, 4) is 6.01 Å². The molecule has 4 aromatic rings. The van der Waals surface area contributed by atoms with Crippen molar-refractivity contribution in [2.24, 2.45) is 0 Å². The largest absolute Gasteiger partial charge is 0.461 e. The molecule has 0 unspecified atom stereocenters. The van der Waals surface area contributed by atoms with Gasteiger partial charge in [-0.15, -0.1) is 0 Å². The van der Waals surface area contributed by atoms with Crippen molar-refractivity contribution in [1.29, 1.82) is 0 Å². The Balaban J connectivity index is 1.05. The minimum Gasteiger partial charge on any atom is -0.461 e. The van der Waals surface area contributed by atoms with E-state index in [0.29, 0.717) is 57.1 Å². The van der Waals surface area contributed by atoms with E-state index in [4.69, 9.17) is 30.8 Å². The van der Waals surface area contributed by atoms with Crippen LogP contribution in [0.2, 0.25) is 5.02 Å². The first kappa shape index (κ1) is 30.1. The molecule has 12 heteroatoms. The average Bonchev–Trinajstić information content (AvgIpc) is 3.81. The number of aromatic nitrogens is 4. The second-order valence-corrected chi connectivity index (χ2v) is 13.5. The first-order valence-corrected chi connectivity index (χ1v) is 17.1. The molecule has 2 aromatic carbocycles. The zero-order valence-corrected chi connectivity index (χ0v) is 27.5.